The van der Waals surface area contributed by atoms with E-state index in [4.69, 9.17) is 0 Å². The summed E-state index contributed by atoms with van der Waals surface area (Å²) in [6.45, 7) is 10.2. The van der Waals surface area contributed by atoms with Crippen LogP contribution in [0.15, 0.2) is 28.7 Å². The van der Waals surface area contributed by atoms with Crippen molar-refractivity contribution < 1.29 is 0 Å². The van der Waals surface area contributed by atoms with Crippen LogP contribution in [0.4, 0.5) is 5.69 Å². The van der Waals surface area contributed by atoms with Gasteiger partial charge in [0.25, 0.3) is 0 Å². The molecule has 108 valence electrons. The van der Waals surface area contributed by atoms with Crippen LogP contribution < -0.4 is 5.32 Å². The van der Waals surface area contributed by atoms with Gasteiger partial charge in [0.1, 0.15) is 0 Å². The van der Waals surface area contributed by atoms with Crippen LogP contribution in [0.3, 0.4) is 0 Å². The van der Waals surface area contributed by atoms with Gasteiger partial charge in [0.2, 0.25) is 0 Å². The Labute approximate surface area is 126 Å². The molecule has 0 aromatic heterocycles. The molecule has 0 spiro atoms. The van der Waals surface area contributed by atoms with Crippen molar-refractivity contribution in [2.75, 3.05) is 25.0 Å². The van der Waals surface area contributed by atoms with Crippen molar-refractivity contribution >= 4 is 21.6 Å². The molecule has 19 heavy (non-hydrogen) atoms. The standard InChI is InChI=1S/C16H27BrN2/c1-4-5-6-12-19(14(2)3)13-11-18-16-9-7-15(17)8-10-16/h7-10,14,18H,4-6,11-13H2,1-3H3. The first-order valence-electron chi connectivity index (χ1n) is 7.37. The summed E-state index contributed by atoms with van der Waals surface area (Å²) in [6, 6.07) is 9.00. The molecule has 0 amide bonds. The molecule has 0 fully saturated rings. The van der Waals surface area contributed by atoms with Gasteiger partial charge < -0.3 is 5.32 Å². The number of rotatable bonds is 9. The predicted molar refractivity (Wildman–Crippen MR) is 88.9 cm³/mol. The maximum Gasteiger partial charge on any atom is 0.0341 e. The first-order chi connectivity index (χ1) is 9.13. The average Bonchev–Trinajstić information content (AvgIpc) is 2.39. The van der Waals surface area contributed by atoms with E-state index in [-0.39, 0.29) is 0 Å². The number of nitrogens with one attached hydrogen (secondary N) is 1. The lowest BCUT2D eigenvalue weighted by Gasteiger charge is -2.26. The highest BCUT2D eigenvalue weighted by molar-refractivity contribution is 9.10. The Hall–Kier alpha value is -0.540. The largest absolute Gasteiger partial charge is 0.384 e. The smallest absolute Gasteiger partial charge is 0.0341 e. The first-order valence-corrected chi connectivity index (χ1v) is 8.16. The van der Waals surface area contributed by atoms with Crippen LogP contribution in [-0.2, 0) is 0 Å². The number of hydrogen-bond acceptors (Lipinski definition) is 2. The molecule has 0 unspecified atom stereocenters. The van der Waals surface area contributed by atoms with E-state index < -0.39 is 0 Å². The predicted octanol–water partition coefficient (Wildman–Crippen LogP) is 4.76. The molecule has 1 rings (SSSR count). The van der Waals surface area contributed by atoms with Gasteiger partial charge in [0, 0.05) is 29.3 Å². The van der Waals surface area contributed by atoms with Gasteiger partial charge in [-0.1, -0.05) is 35.7 Å². The van der Waals surface area contributed by atoms with Crippen molar-refractivity contribution in [1.82, 2.24) is 4.90 Å². The first kappa shape index (κ1) is 16.5. The lowest BCUT2D eigenvalue weighted by atomic mass is 10.2. The fourth-order valence-electron chi connectivity index (χ4n) is 2.10. The fourth-order valence-corrected chi connectivity index (χ4v) is 2.37. The zero-order valence-electron chi connectivity index (χ0n) is 12.5. The van der Waals surface area contributed by atoms with Gasteiger partial charge >= 0.3 is 0 Å². The van der Waals surface area contributed by atoms with E-state index in [1.807, 2.05) is 0 Å². The fraction of sp³-hybridized carbons (Fsp3) is 0.625. The maximum absolute atomic E-state index is 3.49. The highest BCUT2D eigenvalue weighted by atomic mass is 79.9. The van der Waals surface area contributed by atoms with Crippen LogP contribution in [0.1, 0.15) is 40.0 Å². The highest BCUT2D eigenvalue weighted by Gasteiger charge is 2.08. The SMILES string of the molecule is CCCCCN(CCNc1ccc(Br)cc1)C(C)C. The van der Waals surface area contributed by atoms with Gasteiger partial charge in [-0.2, -0.15) is 0 Å². The number of nitrogens with zero attached hydrogens (tertiary/aromatic N) is 1. The van der Waals surface area contributed by atoms with Crippen molar-refractivity contribution in [3.8, 4) is 0 Å². The van der Waals surface area contributed by atoms with E-state index in [1.54, 1.807) is 0 Å². The van der Waals surface area contributed by atoms with E-state index in [9.17, 15) is 0 Å². The van der Waals surface area contributed by atoms with Gasteiger partial charge in [-0.05, 0) is 51.1 Å². The van der Waals surface area contributed by atoms with Gasteiger partial charge in [0.05, 0.1) is 0 Å². The molecule has 3 heteroatoms. The molecule has 1 N–H and O–H groups in total. The van der Waals surface area contributed by atoms with Crippen molar-refractivity contribution in [3.63, 3.8) is 0 Å². The quantitative estimate of drug-likeness (QED) is 0.658. The van der Waals surface area contributed by atoms with Gasteiger partial charge in [-0.15, -0.1) is 0 Å². The molecule has 0 saturated heterocycles. The molecule has 0 aliphatic heterocycles. The van der Waals surface area contributed by atoms with E-state index >= 15 is 0 Å². The molecule has 0 radical (unpaired) electrons. The summed E-state index contributed by atoms with van der Waals surface area (Å²) in [6.07, 6.45) is 3.94. The zero-order valence-corrected chi connectivity index (χ0v) is 14.0. The minimum Gasteiger partial charge on any atom is -0.384 e. The van der Waals surface area contributed by atoms with Crippen LogP contribution in [0.25, 0.3) is 0 Å². The second-order valence-corrected chi connectivity index (χ2v) is 6.19. The van der Waals surface area contributed by atoms with Crippen LogP contribution in [0.5, 0.6) is 0 Å². The zero-order chi connectivity index (χ0) is 14.1. The summed E-state index contributed by atoms with van der Waals surface area (Å²) in [5.74, 6) is 0. The molecule has 0 atom stereocenters. The summed E-state index contributed by atoms with van der Waals surface area (Å²) in [7, 11) is 0. The van der Waals surface area contributed by atoms with Crippen molar-refractivity contribution in [2.45, 2.75) is 46.1 Å². The van der Waals surface area contributed by atoms with Crippen LogP contribution in [0.2, 0.25) is 0 Å². The Kier molecular flexibility index (Phi) is 8.15. The monoisotopic (exact) mass is 326 g/mol. The second-order valence-electron chi connectivity index (χ2n) is 5.27. The number of benzene rings is 1. The summed E-state index contributed by atoms with van der Waals surface area (Å²) in [4.78, 5) is 2.56. The topological polar surface area (TPSA) is 15.3 Å². The van der Waals surface area contributed by atoms with Gasteiger partial charge in [-0.25, -0.2) is 0 Å². The molecule has 1 aromatic carbocycles. The molecule has 2 nitrogen and oxygen atoms in total. The highest BCUT2D eigenvalue weighted by Crippen LogP contribution is 2.14. The summed E-state index contributed by atoms with van der Waals surface area (Å²) >= 11 is 3.46. The lowest BCUT2D eigenvalue weighted by Crippen LogP contribution is -2.35. The number of anilines is 1. The minimum absolute atomic E-state index is 0.628. The number of hydrogen-bond donors (Lipinski definition) is 1. The molecular formula is C16H27BrN2. The second kappa shape index (κ2) is 9.38. The van der Waals surface area contributed by atoms with Gasteiger partial charge in [-0.3, -0.25) is 4.90 Å². The molecular weight excluding hydrogens is 300 g/mol. The Balaban J connectivity index is 2.29. The Morgan fingerprint density at radius 1 is 1.11 bits per heavy atom. The van der Waals surface area contributed by atoms with Crippen LogP contribution in [0, 0.1) is 0 Å². The number of unbranched alkanes of at least 4 members (excludes halogenated alkanes) is 2. The molecule has 0 aliphatic carbocycles. The molecule has 0 saturated carbocycles. The van der Waals surface area contributed by atoms with E-state index in [2.05, 4.69) is 71.2 Å². The molecule has 1 aromatic rings. The van der Waals surface area contributed by atoms with Crippen LogP contribution in [-0.4, -0.2) is 30.6 Å². The Morgan fingerprint density at radius 2 is 1.79 bits per heavy atom. The van der Waals surface area contributed by atoms with Gasteiger partial charge in [0.15, 0.2) is 0 Å². The third kappa shape index (κ3) is 6.98. The minimum atomic E-state index is 0.628. The van der Waals surface area contributed by atoms with Crippen molar-refractivity contribution in [1.29, 1.82) is 0 Å². The van der Waals surface area contributed by atoms with E-state index in [0.717, 1.165) is 17.6 Å². The van der Waals surface area contributed by atoms with Crippen molar-refractivity contribution in [3.05, 3.63) is 28.7 Å². The Morgan fingerprint density at radius 3 is 2.37 bits per heavy atom. The third-order valence-corrected chi connectivity index (χ3v) is 3.88. The van der Waals surface area contributed by atoms with E-state index in [0.29, 0.717) is 6.04 Å². The van der Waals surface area contributed by atoms with E-state index in [1.165, 1.54) is 31.5 Å². The number of halogens is 1. The maximum atomic E-state index is 3.49. The third-order valence-electron chi connectivity index (χ3n) is 3.35. The molecule has 0 aliphatic rings. The molecule has 0 heterocycles. The Bertz CT molecular complexity index is 335. The normalized spacial score (nSPS) is 11.3. The van der Waals surface area contributed by atoms with Crippen molar-refractivity contribution in [2.24, 2.45) is 0 Å². The van der Waals surface area contributed by atoms with Crippen LogP contribution >= 0.6 is 15.9 Å². The molecule has 0 bridgehead atoms. The summed E-state index contributed by atoms with van der Waals surface area (Å²) in [5, 5.41) is 3.49. The summed E-state index contributed by atoms with van der Waals surface area (Å²) in [5.41, 5.74) is 1.19. The summed E-state index contributed by atoms with van der Waals surface area (Å²) < 4.78 is 1.13. The lowest BCUT2D eigenvalue weighted by molar-refractivity contribution is 0.225. The average molecular weight is 327 g/mol.